The molecule has 1 aliphatic heterocycles. The minimum atomic E-state index is 0.0508. The van der Waals surface area contributed by atoms with E-state index in [1.165, 1.54) is 30.2 Å². The van der Waals surface area contributed by atoms with Gasteiger partial charge in [-0.3, -0.25) is 19.4 Å². The van der Waals surface area contributed by atoms with Gasteiger partial charge in [0.2, 0.25) is 0 Å². The Bertz CT molecular complexity index is 710. The number of hydrogen-bond donors (Lipinski definition) is 1. The predicted molar refractivity (Wildman–Crippen MR) is 87.1 cm³/mol. The molecule has 1 aliphatic carbocycles. The number of aromatic amines is 1. The largest absolute Gasteiger partial charge is 0.299 e. The predicted octanol–water partition coefficient (Wildman–Crippen LogP) is 1.76. The zero-order valence-electron chi connectivity index (χ0n) is 13.3. The average molecular weight is 313 g/mol. The van der Waals surface area contributed by atoms with Gasteiger partial charge in [-0.05, 0) is 44.7 Å². The summed E-state index contributed by atoms with van der Waals surface area (Å²) in [5, 5.41) is 7.42. The van der Waals surface area contributed by atoms with E-state index < -0.39 is 0 Å². The maximum absolute atomic E-state index is 11.8. The standard InChI is InChI=1S/C17H23N5O/c23-16-3-6-18-12-22(16)10-13-4-7-21(8-5-13)11-15-9-19-20-17(15)14-1-2-14/h3,6,9,12-14H,1-2,4-5,7-8,10-11H2,(H,19,20). The Hall–Kier alpha value is -1.95. The summed E-state index contributed by atoms with van der Waals surface area (Å²) in [5.74, 6) is 1.29. The van der Waals surface area contributed by atoms with Gasteiger partial charge >= 0.3 is 0 Å². The van der Waals surface area contributed by atoms with Crippen molar-refractivity contribution in [1.82, 2.24) is 24.6 Å². The van der Waals surface area contributed by atoms with Crippen LogP contribution < -0.4 is 5.56 Å². The third-order valence-electron chi connectivity index (χ3n) is 5.09. The van der Waals surface area contributed by atoms with E-state index in [1.54, 1.807) is 17.1 Å². The van der Waals surface area contributed by atoms with Crippen molar-refractivity contribution in [3.8, 4) is 0 Å². The van der Waals surface area contributed by atoms with Crippen molar-refractivity contribution in [3.63, 3.8) is 0 Å². The van der Waals surface area contributed by atoms with Crippen LogP contribution in [0.25, 0.3) is 0 Å². The number of piperidine rings is 1. The quantitative estimate of drug-likeness (QED) is 0.913. The van der Waals surface area contributed by atoms with Crippen LogP contribution >= 0.6 is 0 Å². The molecule has 0 amide bonds. The minimum Gasteiger partial charge on any atom is -0.299 e. The highest BCUT2D eigenvalue weighted by atomic mass is 16.1. The van der Waals surface area contributed by atoms with Crippen LogP contribution in [0.15, 0.2) is 29.6 Å². The molecule has 2 aromatic rings. The lowest BCUT2D eigenvalue weighted by Crippen LogP contribution is -2.36. The smallest absolute Gasteiger partial charge is 0.253 e. The van der Waals surface area contributed by atoms with Gasteiger partial charge in [0.1, 0.15) is 0 Å². The number of likely N-dealkylation sites (tertiary alicyclic amines) is 1. The van der Waals surface area contributed by atoms with E-state index in [0.29, 0.717) is 5.92 Å². The van der Waals surface area contributed by atoms with Gasteiger partial charge in [0.05, 0.1) is 12.5 Å². The molecule has 6 nitrogen and oxygen atoms in total. The van der Waals surface area contributed by atoms with Crippen molar-refractivity contribution in [3.05, 3.63) is 46.4 Å². The number of nitrogens with one attached hydrogen (secondary N) is 1. The molecule has 0 unspecified atom stereocenters. The maximum atomic E-state index is 11.8. The van der Waals surface area contributed by atoms with Gasteiger partial charge in [-0.1, -0.05) is 0 Å². The zero-order valence-corrected chi connectivity index (χ0v) is 13.3. The fourth-order valence-corrected chi connectivity index (χ4v) is 3.53. The Balaban J connectivity index is 1.31. The first-order valence-electron chi connectivity index (χ1n) is 8.54. The van der Waals surface area contributed by atoms with E-state index in [9.17, 15) is 4.79 Å². The second-order valence-corrected chi connectivity index (χ2v) is 6.87. The number of aromatic nitrogens is 4. The summed E-state index contributed by atoms with van der Waals surface area (Å²) in [7, 11) is 0. The first-order chi connectivity index (χ1) is 11.3. The average Bonchev–Trinajstić information content (AvgIpc) is 3.31. The molecule has 2 aromatic heterocycles. The molecule has 0 aromatic carbocycles. The van der Waals surface area contributed by atoms with Gasteiger partial charge in [0.25, 0.3) is 5.56 Å². The number of rotatable bonds is 5. The van der Waals surface area contributed by atoms with Crippen molar-refractivity contribution >= 4 is 0 Å². The van der Waals surface area contributed by atoms with Crippen molar-refractivity contribution in [1.29, 1.82) is 0 Å². The molecule has 122 valence electrons. The van der Waals surface area contributed by atoms with E-state index in [0.717, 1.165) is 44.9 Å². The molecule has 23 heavy (non-hydrogen) atoms. The highest BCUT2D eigenvalue weighted by molar-refractivity contribution is 5.24. The van der Waals surface area contributed by atoms with Gasteiger partial charge in [-0.25, -0.2) is 4.98 Å². The Morgan fingerprint density at radius 2 is 2.04 bits per heavy atom. The van der Waals surface area contributed by atoms with Crippen molar-refractivity contribution in [2.45, 2.75) is 44.7 Å². The van der Waals surface area contributed by atoms with Crippen LogP contribution in [0.2, 0.25) is 0 Å². The third kappa shape index (κ3) is 3.37. The summed E-state index contributed by atoms with van der Waals surface area (Å²) in [6, 6.07) is 1.54. The lowest BCUT2D eigenvalue weighted by Gasteiger charge is -2.32. The molecule has 1 saturated carbocycles. The van der Waals surface area contributed by atoms with Crippen LogP contribution in [0, 0.1) is 5.92 Å². The molecule has 1 N–H and O–H groups in total. The number of H-pyrrole nitrogens is 1. The molecule has 0 bridgehead atoms. The van der Waals surface area contributed by atoms with Crippen molar-refractivity contribution in [2.75, 3.05) is 13.1 Å². The molecule has 3 heterocycles. The lowest BCUT2D eigenvalue weighted by molar-refractivity contribution is 0.166. The molecule has 2 fully saturated rings. The number of nitrogens with zero attached hydrogens (tertiary/aromatic N) is 4. The summed E-state index contributed by atoms with van der Waals surface area (Å²) in [5.41, 5.74) is 2.78. The summed E-state index contributed by atoms with van der Waals surface area (Å²) in [6.07, 6.45) is 10.1. The molecular weight excluding hydrogens is 290 g/mol. The molecule has 6 heteroatoms. The molecule has 0 radical (unpaired) electrons. The molecule has 0 spiro atoms. The third-order valence-corrected chi connectivity index (χ3v) is 5.09. The van der Waals surface area contributed by atoms with E-state index in [4.69, 9.17) is 0 Å². The van der Waals surface area contributed by atoms with Gasteiger partial charge in [-0.2, -0.15) is 5.10 Å². The maximum Gasteiger partial charge on any atom is 0.253 e. The minimum absolute atomic E-state index is 0.0508. The Labute approximate surface area is 135 Å². The summed E-state index contributed by atoms with van der Waals surface area (Å²) >= 11 is 0. The topological polar surface area (TPSA) is 66.8 Å². The normalized spacial score (nSPS) is 20.0. The molecule has 1 saturated heterocycles. The van der Waals surface area contributed by atoms with Crippen LogP contribution in [-0.4, -0.2) is 37.7 Å². The first-order valence-corrected chi connectivity index (χ1v) is 8.54. The second-order valence-electron chi connectivity index (χ2n) is 6.87. The molecule has 2 aliphatic rings. The van der Waals surface area contributed by atoms with E-state index >= 15 is 0 Å². The summed E-state index contributed by atoms with van der Waals surface area (Å²) in [4.78, 5) is 18.3. The second kappa shape index (κ2) is 6.28. The highest BCUT2D eigenvalue weighted by Crippen LogP contribution is 2.40. The van der Waals surface area contributed by atoms with Gasteiger partial charge in [-0.15, -0.1) is 0 Å². The monoisotopic (exact) mass is 313 g/mol. The first kappa shape index (κ1) is 14.6. The van der Waals surface area contributed by atoms with Crippen LogP contribution in [0.4, 0.5) is 0 Å². The van der Waals surface area contributed by atoms with E-state index in [1.807, 2.05) is 6.20 Å². The number of hydrogen-bond acceptors (Lipinski definition) is 4. The van der Waals surface area contributed by atoms with E-state index in [2.05, 4.69) is 20.1 Å². The van der Waals surface area contributed by atoms with E-state index in [-0.39, 0.29) is 5.56 Å². The Morgan fingerprint density at radius 3 is 2.78 bits per heavy atom. The van der Waals surface area contributed by atoms with Crippen molar-refractivity contribution < 1.29 is 0 Å². The summed E-state index contributed by atoms with van der Waals surface area (Å²) in [6.45, 7) is 3.98. The fourth-order valence-electron chi connectivity index (χ4n) is 3.53. The van der Waals surface area contributed by atoms with Crippen LogP contribution in [0.3, 0.4) is 0 Å². The Kier molecular flexibility index (Phi) is 3.99. The van der Waals surface area contributed by atoms with Crippen LogP contribution in [0.5, 0.6) is 0 Å². The molecule has 4 rings (SSSR count). The fraction of sp³-hybridized carbons (Fsp3) is 0.588. The van der Waals surface area contributed by atoms with Gasteiger partial charge < -0.3 is 0 Å². The molecule has 0 atom stereocenters. The SMILES string of the molecule is O=c1ccncn1CC1CCN(Cc2cn[nH]c2C2CC2)CC1. The van der Waals surface area contributed by atoms with Crippen molar-refractivity contribution in [2.24, 2.45) is 5.92 Å². The van der Waals surface area contributed by atoms with Crippen LogP contribution in [-0.2, 0) is 13.1 Å². The zero-order chi connectivity index (χ0) is 15.6. The van der Waals surface area contributed by atoms with Gasteiger partial charge in [0.15, 0.2) is 0 Å². The Morgan fingerprint density at radius 1 is 1.22 bits per heavy atom. The lowest BCUT2D eigenvalue weighted by atomic mass is 9.96. The molecular formula is C17H23N5O. The van der Waals surface area contributed by atoms with Crippen LogP contribution in [0.1, 0.15) is 42.9 Å². The summed E-state index contributed by atoms with van der Waals surface area (Å²) < 4.78 is 1.74. The highest BCUT2D eigenvalue weighted by Gasteiger charge is 2.29. The van der Waals surface area contributed by atoms with Gasteiger partial charge in [0, 0.05) is 42.5 Å².